The van der Waals surface area contributed by atoms with E-state index in [1.165, 1.54) is 23.8 Å². The maximum absolute atomic E-state index is 10.1. The Morgan fingerprint density at radius 3 is 2.26 bits per heavy atom. The molecule has 0 aliphatic heterocycles. The first kappa shape index (κ1) is 18.5. The summed E-state index contributed by atoms with van der Waals surface area (Å²) in [6, 6.07) is 17.4. The van der Waals surface area contributed by atoms with Crippen molar-refractivity contribution in [2.24, 2.45) is 0 Å². The highest BCUT2D eigenvalue weighted by molar-refractivity contribution is 5.85. The minimum absolute atomic E-state index is 0.169. The van der Waals surface area contributed by atoms with Crippen LogP contribution in [0, 0.1) is 0 Å². The highest BCUT2D eigenvalue weighted by atomic mass is 16.4. The fourth-order valence-corrected chi connectivity index (χ4v) is 1.82. The Morgan fingerprint density at radius 1 is 1.13 bits per heavy atom. The molecular weight excluding hydrogens is 290 g/mol. The van der Waals surface area contributed by atoms with Gasteiger partial charge in [-0.15, -0.1) is 0 Å². The van der Waals surface area contributed by atoms with E-state index in [1.807, 2.05) is 13.1 Å². The number of nitrogens with one attached hydrogen (secondary N) is 1. The lowest BCUT2D eigenvalue weighted by Crippen LogP contribution is -2.23. The van der Waals surface area contributed by atoms with Gasteiger partial charge in [0, 0.05) is 12.1 Å². The largest absolute Gasteiger partial charge is 0.508 e. The van der Waals surface area contributed by atoms with E-state index in [0.29, 0.717) is 6.04 Å². The van der Waals surface area contributed by atoms with Gasteiger partial charge in [0.1, 0.15) is 5.75 Å². The second kappa shape index (κ2) is 10.2. The number of aromatic hydroxyl groups is 1. The van der Waals surface area contributed by atoms with Crippen LogP contribution >= 0.6 is 0 Å². The number of aliphatic carboxylic acids is 1. The molecule has 0 unspecified atom stereocenters. The van der Waals surface area contributed by atoms with E-state index in [9.17, 15) is 4.79 Å². The van der Waals surface area contributed by atoms with Crippen LogP contribution in [-0.4, -0.2) is 29.3 Å². The smallest absolute Gasteiger partial charge is 0.328 e. The minimum Gasteiger partial charge on any atom is -0.508 e. The number of carboxylic acids is 1. The summed E-state index contributed by atoms with van der Waals surface area (Å²) in [6.45, 7) is 2.19. The topological polar surface area (TPSA) is 69.6 Å². The number of phenols is 1. The van der Waals surface area contributed by atoms with Crippen LogP contribution in [-0.2, 0) is 11.2 Å². The summed E-state index contributed by atoms with van der Waals surface area (Å²) >= 11 is 0. The SMILES string of the molecule is CN[C@@H](C)Cc1ccccc1.O=C(O)C=Cc1ccc(O)cc1. The normalized spacial score (nSPS) is 11.6. The van der Waals surface area contributed by atoms with Crippen LogP contribution in [0.5, 0.6) is 5.75 Å². The zero-order valence-corrected chi connectivity index (χ0v) is 13.4. The third kappa shape index (κ3) is 8.44. The standard InChI is InChI=1S/C10H15N.C9H8O3/c1-9(11-2)8-10-6-4-3-5-7-10;10-8-4-1-7(2-5-8)3-6-9(11)12/h3-7,9,11H,8H2,1-2H3;1-6,10H,(H,11,12)/t9-;/m0./s1. The highest BCUT2D eigenvalue weighted by Gasteiger charge is 1.97. The molecule has 0 aromatic heterocycles. The molecule has 2 aromatic carbocycles. The third-order valence-electron chi connectivity index (χ3n) is 3.19. The number of carboxylic acid groups (broad SMARTS) is 1. The summed E-state index contributed by atoms with van der Waals surface area (Å²) in [7, 11) is 1.99. The second-order valence-corrected chi connectivity index (χ2v) is 5.14. The summed E-state index contributed by atoms with van der Waals surface area (Å²) in [5.74, 6) is -0.814. The molecule has 0 spiro atoms. The number of hydrogen-bond acceptors (Lipinski definition) is 3. The van der Waals surface area contributed by atoms with E-state index in [2.05, 4.69) is 36.5 Å². The molecular formula is C19H23NO3. The van der Waals surface area contributed by atoms with E-state index in [1.54, 1.807) is 12.1 Å². The summed E-state index contributed by atoms with van der Waals surface area (Å²) in [5, 5.41) is 20.4. The predicted molar refractivity (Wildman–Crippen MR) is 93.4 cm³/mol. The van der Waals surface area contributed by atoms with Crippen molar-refractivity contribution in [2.45, 2.75) is 19.4 Å². The van der Waals surface area contributed by atoms with Crippen molar-refractivity contribution in [3.8, 4) is 5.75 Å². The monoisotopic (exact) mass is 313 g/mol. The van der Waals surface area contributed by atoms with E-state index in [0.717, 1.165) is 18.1 Å². The molecule has 4 nitrogen and oxygen atoms in total. The number of hydrogen-bond donors (Lipinski definition) is 3. The lowest BCUT2D eigenvalue weighted by Gasteiger charge is -2.08. The van der Waals surface area contributed by atoms with Crippen LogP contribution in [0.15, 0.2) is 60.7 Å². The number of benzene rings is 2. The molecule has 1 atom stereocenters. The molecule has 0 fully saturated rings. The molecule has 3 N–H and O–H groups in total. The van der Waals surface area contributed by atoms with Gasteiger partial charge >= 0.3 is 5.97 Å². The fourth-order valence-electron chi connectivity index (χ4n) is 1.82. The fraction of sp³-hybridized carbons (Fsp3) is 0.211. The highest BCUT2D eigenvalue weighted by Crippen LogP contribution is 2.10. The van der Waals surface area contributed by atoms with Gasteiger partial charge in [-0.25, -0.2) is 4.79 Å². The van der Waals surface area contributed by atoms with Gasteiger partial charge in [0.05, 0.1) is 0 Å². The molecule has 2 rings (SSSR count). The molecule has 23 heavy (non-hydrogen) atoms. The van der Waals surface area contributed by atoms with Crippen LogP contribution in [0.1, 0.15) is 18.1 Å². The molecule has 0 radical (unpaired) electrons. The molecule has 122 valence electrons. The maximum atomic E-state index is 10.1. The van der Waals surface area contributed by atoms with Crippen LogP contribution < -0.4 is 5.32 Å². The lowest BCUT2D eigenvalue weighted by molar-refractivity contribution is -0.131. The summed E-state index contributed by atoms with van der Waals surface area (Å²) in [6.07, 6.45) is 3.62. The lowest BCUT2D eigenvalue weighted by atomic mass is 10.1. The first-order valence-electron chi connectivity index (χ1n) is 7.42. The summed E-state index contributed by atoms with van der Waals surface area (Å²) in [5.41, 5.74) is 2.14. The molecule has 0 aliphatic rings. The van der Waals surface area contributed by atoms with Crippen molar-refractivity contribution in [3.63, 3.8) is 0 Å². The van der Waals surface area contributed by atoms with Crippen molar-refractivity contribution in [1.29, 1.82) is 0 Å². The quantitative estimate of drug-likeness (QED) is 0.741. The van der Waals surface area contributed by atoms with Crippen LogP contribution in [0.4, 0.5) is 0 Å². The average Bonchev–Trinajstić information content (AvgIpc) is 2.55. The summed E-state index contributed by atoms with van der Waals surface area (Å²) in [4.78, 5) is 10.1. The third-order valence-corrected chi connectivity index (χ3v) is 3.19. The number of rotatable bonds is 5. The predicted octanol–water partition coefficient (Wildman–Crippen LogP) is 3.33. The van der Waals surface area contributed by atoms with Gasteiger partial charge < -0.3 is 15.5 Å². The Bertz CT molecular complexity index is 606. The molecule has 2 aromatic rings. The molecule has 0 saturated heterocycles. The maximum Gasteiger partial charge on any atom is 0.328 e. The first-order chi connectivity index (χ1) is 11.0. The molecule has 0 heterocycles. The van der Waals surface area contributed by atoms with E-state index in [-0.39, 0.29) is 5.75 Å². The molecule has 4 heteroatoms. The van der Waals surface area contributed by atoms with Crippen LogP contribution in [0.3, 0.4) is 0 Å². The Kier molecular flexibility index (Phi) is 8.18. The molecule has 0 saturated carbocycles. The van der Waals surface area contributed by atoms with Gasteiger partial charge in [0.25, 0.3) is 0 Å². The average molecular weight is 313 g/mol. The molecule has 0 aliphatic carbocycles. The Balaban J connectivity index is 0.000000231. The number of likely N-dealkylation sites (N-methyl/N-ethyl adjacent to an activating group) is 1. The Labute approximate surface area is 137 Å². The van der Waals surface area contributed by atoms with Gasteiger partial charge in [0.2, 0.25) is 0 Å². The van der Waals surface area contributed by atoms with Gasteiger partial charge in [0.15, 0.2) is 0 Å². The van der Waals surface area contributed by atoms with Crippen LogP contribution in [0.2, 0.25) is 0 Å². The van der Waals surface area contributed by atoms with E-state index in [4.69, 9.17) is 10.2 Å². The van der Waals surface area contributed by atoms with Crippen molar-refractivity contribution in [2.75, 3.05) is 7.05 Å². The van der Waals surface area contributed by atoms with Gasteiger partial charge in [-0.1, -0.05) is 42.5 Å². The van der Waals surface area contributed by atoms with Crippen molar-refractivity contribution < 1.29 is 15.0 Å². The number of carbonyl (C=O) groups is 1. The van der Waals surface area contributed by atoms with Gasteiger partial charge in [-0.2, -0.15) is 0 Å². The van der Waals surface area contributed by atoms with Crippen LogP contribution in [0.25, 0.3) is 6.08 Å². The zero-order valence-electron chi connectivity index (χ0n) is 13.4. The molecule has 0 amide bonds. The van der Waals surface area contributed by atoms with E-state index < -0.39 is 5.97 Å². The molecule has 0 bridgehead atoms. The van der Waals surface area contributed by atoms with E-state index >= 15 is 0 Å². The van der Waals surface area contributed by atoms with Gasteiger partial charge in [-0.3, -0.25) is 0 Å². The Hall–Kier alpha value is -2.59. The first-order valence-corrected chi connectivity index (χ1v) is 7.42. The number of phenolic OH excluding ortho intramolecular Hbond substituents is 1. The summed E-state index contributed by atoms with van der Waals surface area (Å²) < 4.78 is 0. The zero-order chi connectivity index (χ0) is 17.1. The minimum atomic E-state index is -0.983. The van der Waals surface area contributed by atoms with Crippen molar-refractivity contribution in [1.82, 2.24) is 5.32 Å². The second-order valence-electron chi connectivity index (χ2n) is 5.14. The Morgan fingerprint density at radius 2 is 1.74 bits per heavy atom. The van der Waals surface area contributed by atoms with Crippen molar-refractivity contribution in [3.05, 3.63) is 71.8 Å². The van der Waals surface area contributed by atoms with Gasteiger partial charge in [-0.05, 0) is 49.7 Å². The van der Waals surface area contributed by atoms with Crippen molar-refractivity contribution >= 4 is 12.0 Å².